The van der Waals surface area contributed by atoms with Crippen molar-refractivity contribution in [2.24, 2.45) is 0 Å². The molecule has 2 aliphatic rings. The van der Waals surface area contributed by atoms with Crippen molar-refractivity contribution < 1.29 is 29.5 Å². The number of nitrogens with one attached hydrogen (secondary N) is 2. The molecule has 0 bridgehead atoms. The van der Waals surface area contributed by atoms with Crippen LogP contribution in [-0.4, -0.2) is 74.9 Å². The second kappa shape index (κ2) is 13.2. The summed E-state index contributed by atoms with van der Waals surface area (Å²) in [7, 11) is 0. The zero-order chi connectivity index (χ0) is 21.0. The van der Waals surface area contributed by atoms with E-state index in [1.54, 1.807) is 0 Å². The van der Waals surface area contributed by atoms with Gasteiger partial charge in [0.25, 0.3) is 0 Å². The highest BCUT2D eigenvalue weighted by Crippen LogP contribution is 2.18. The minimum Gasteiger partial charge on any atom is -0.491 e. The van der Waals surface area contributed by atoms with Crippen LogP contribution < -0.4 is 19.3 Å². The number of hydrogen-bond acceptors (Lipinski definition) is 4. The Kier molecular flexibility index (Phi) is 10.2. The van der Waals surface area contributed by atoms with Gasteiger partial charge in [-0.05, 0) is 75.6 Å². The normalized spacial score (nSPS) is 21.4. The van der Waals surface area contributed by atoms with Crippen molar-refractivity contribution >= 4 is 0 Å². The molecule has 4 N–H and O–H groups in total. The van der Waals surface area contributed by atoms with Gasteiger partial charge in [-0.1, -0.05) is 0 Å². The molecule has 2 fully saturated rings. The van der Waals surface area contributed by atoms with Crippen LogP contribution >= 0.6 is 0 Å². The third-order valence-corrected chi connectivity index (χ3v) is 6.38. The summed E-state index contributed by atoms with van der Waals surface area (Å²) in [5.74, 6) is 1.48. The molecule has 0 aromatic heterocycles. The molecule has 0 saturated carbocycles. The molecule has 30 heavy (non-hydrogen) atoms. The molecule has 6 heteroatoms. The fourth-order valence-electron chi connectivity index (χ4n) is 4.67. The summed E-state index contributed by atoms with van der Waals surface area (Å²) in [6.45, 7) is 6.81. The molecule has 2 heterocycles. The van der Waals surface area contributed by atoms with Crippen LogP contribution in [0, 0.1) is 0 Å². The van der Waals surface area contributed by atoms with Gasteiger partial charge in [-0.25, -0.2) is 0 Å². The van der Waals surface area contributed by atoms with Crippen LogP contribution in [0.5, 0.6) is 11.5 Å². The van der Waals surface area contributed by atoms with Crippen LogP contribution in [0.3, 0.4) is 0 Å². The van der Waals surface area contributed by atoms with E-state index < -0.39 is 12.2 Å². The fourth-order valence-corrected chi connectivity index (χ4v) is 4.67. The van der Waals surface area contributed by atoms with Gasteiger partial charge in [0.15, 0.2) is 0 Å². The van der Waals surface area contributed by atoms with Crippen LogP contribution in [-0.2, 0) is 0 Å². The van der Waals surface area contributed by atoms with Crippen molar-refractivity contribution in [3.05, 3.63) is 24.3 Å². The second-order valence-electron chi connectivity index (χ2n) is 9.14. The molecule has 0 aliphatic carbocycles. The minimum absolute atomic E-state index is 0.320. The third kappa shape index (κ3) is 8.80. The summed E-state index contributed by atoms with van der Waals surface area (Å²) in [5, 5.41) is 20.6. The van der Waals surface area contributed by atoms with Crippen LogP contribution in [0.15, 0.2) is 24.3 Å². The summed E-state index contributed by atoms with van der Waals surface area (Å²) in [6.07, 6.45) is 9.45. The summed E-state index contributed by atoms with van der Waals surface area (Å²) < 4.78 is 11.5. The first-order valence-electron chi connectivity index (χ1n) is 12.1. The van der Waals surface area contributed by atoms with Gasteiger partial charge in [0, 0.05) is 0 Å². The first kappa shape index (κ1) is 23.3. The lowest BCUT2D eigenvalue weighted by molar-refractivity contribution is -0.902. The zero-order valence-corrected chi connectivity index (χ0v) is 18.5. The van der Waals surface area contributed by atoms with Gasteiger partial charge in [-0.3, -0.25) is 0 Å². The molecule has 2 aliphatic heterocycles. The highest BCUT2D eigenvalue weighted by Gasteiger charge is 2.18. The van der Waals surface area contributed by atoms with E-state index in [9.17, 15) is 10.2 Å². The number of benzene rings is 1. The molecule has 0 unspecified atom stereocenters. The molecule has 0 spiro atoms. The monoisotopic (exact) mass is 422 g/mol. The predicted molar refractivity (Wildman–Crippen MR) is 118 cm³/mol. The maximum absolute atomic E-state index is 10.3. The number of quaternary nitrogens is 2. The molecule has 1 aromatic rings. The summed E-state index contributed by atoms with van der Waals surface area (Å²) >= 11 is 0. The van der Waals surface area contributed by atoms with Crippen molar-refractivity contribution in [3.63, 3.8) is 0 Å². The highest BCUT2D eigenvalue weighted by molar-refractivity contribution is 5.31. The topological polar surface area (TPSA) is 67.8 Å². The lowest BCUT2D eigenvalue weighted by Gasteiger charge is -2.21. The van der Waals surface area contributed by atoms with Gasteiger partial charge in [-0.2, -0.15) is 0 Å². The minimum atomic E-state index is -0.439. The lowest BCUT2D eigenvalue weighted by Crippen LogP contribution is -3.13. The van der Waals surface area contributed by atoms with E-state index in [0.29, 0.717) is 13.2 Å². The Bertz CT molecular complexity index is 516. The quantitative estimate of drug-likeness (QED) is 0.431. The molecule has 0 amide bonds. The number of aliphatic hydroxyl groups excluding tert-OH is 2. The summed E-state index contributed by atoms with van der Waals surface area (Å²) in [6, 6.07) is 7.47. The van der Waals surface area contributed by atoms with E-state index in [4.69, 9.17) is 9.47 Å². The Labute approximate surface area is 181 Å². The largest absolute Gasteiger partial charge is 0.491 e. The molecular formula is C24H42N2O4+2. The van der Waals surface area contributed by atoms with Crippen molar-refractivity contribution in [2.75, 3.05) is 52.5 Å². The third-order valence-electron chi connectivity index (χ3n) is 6.38. The molecule has 0 radical (unpaired) electrons. The summed E-state index contributed by atoms with van der Waals surface area (Å²) in [4.78, 5) is 2.99. The van der Waals surface area contributed by atoms with Crippen LogP contribution in [0.4, 0.5) is 0 Å². The van der Waals surface area contributed by atoms with Gasteiger partial charge in [0.05, 0.1) is 26.2 Å². The molecule has 3 rings (SSSR count). The second-order valence-corrected chi connectivity index (χ2v) is 9.14. The van der Waals surface area contributed by atoms with E-state index in [1.807, 2.05) is 24.3 Å². The van der Waals surface area contributed by atoms with E-state index in [2.05, 4.69) is 0 Å². The van der Waals surface area contributed by atoms with Crippen molar-refractivity contribution in [2.45, 2.75) is 63.6 Å². The smallest absolute Gasteiger partial charge is 0.137 e. The summed E-state index contributed by atoms with van der Waals surface area (Å²) in [5.41, 5.74) is 0. The zero-order valence-electron chi connectivity index (χ0n) is 18.5. The number of likely N-dealkylation sites (tertiary alicyclic amines) is 2. The molecule has 1 aromatic carbocycles. The highest BCUT2D eigenvalue weighted by atomic mass is 16.5. The maximum atomic E-state index is 10.3. The Morgan fingerprint density at radius 3 is 1.27 bits per heavy atom. The Morgan fingerprint density at radius 1 is 0.600 bits per heavy atom. The van der Waals surface area contributed by atoms with E-state index in [-0.39, 0.29) is 0 Å². The fraction of sp³-hybridized carbons (Fsp3) is 0.750. The maximum Gasteiger partial charge on any atom is 0.137 e. The standard InChI is InChI=1S/C24H40N2O4/c27-21(17-25-13-5-1-2-6-14-25)19-29-23-9-11-24(12-10-23)30-20-22(28)18-26-15-7-3-4-8-16-26/h9-12,21-22,27-28H,1-8,13-20H2/p+2/t21-,22+. The lowest BCUT2D eigenvalue weighted by atomic mass is 10.2. The molecule has 170 valence electrons. The van der Waals surface area contributed by atoms with Gasteiger partial charge in [0.1, 0.15) is 50.0 Å². The van der Waals surface area contributed by atoms with Gasteiger partial charge in [0.2, 0.25) is 0 Å². The number of aliphatic hydroxyl groups is 2. The molecule has 2 saturated heterocycles. The number of ether oxygens (including phenoxy) is 2. The number of hydrogen-bond donors (Lipinski definition) is 4. The SMILES string of the molecule is O[C@H](COc1ccc(OC[C@H](O)C[NH+]2CCCCCC2)cc1)C[NH+]1CCCCCC1. The Balaban J connectivity index is 1.32. The van der Waals surface area contributed by atoms with Crippen LogP contribution in [0.25, 0.3) is 0 Å². The van der Waals surface area contributed by atoms with E-state index >= 15 is 0 Å². The molecule has 2 atom stereocenters. The van der Waals surface area contributed by atoms with Crippen molar-refractivity contribution in [1.82, 2.24) is 0 Å². The molecule has 6 nitrogen and oxygen atoms in total. The predicted octanol–water partition coefficient (Wildman–Crippen LogP) is 0.0838. The van der Waals surface area contributed by atoms with Crippen LogP contribution in [0.1, 0.15) is 51.4 Å². The van der Waals surface area contributed by atoms with Gasteiger partial charge >= 0.3 is 0 Å². The first-order valence-corrected chi connectivity index (χ1v) is 12.1. The average molecular weight is 423 g/mol. The molecular weight excluding hydrogens is 380 g/mol. The van der Waals surface area contributed by atoms with Gasteiger partial charge < -0.3 is 29.5 Å². The average Bonchev–Trinajstić information content (AvgIpc) is 3.16. The van der Waals surface area contributed by atoms with Crippen LogP contribution in [0.2, 0.25) is 0 Å². The van der Waals surface area contributed by atoms with E-state index in [0.717, 1.165) is 50.8 Å². The van der Waals surface area contributed by atoms with Gasteiger partial charge in [-0.15, -0.1) is 0 Å². The number of rotatable bonds is 10. The van der Waals surface area contributed by atoms with E-state index in [1.165, 1.54) is 61.2 Å². The Morgan fingerprint density at radius 2 is 0.933 bits per heavy atom. The Hall–Kier alpha value is -1.34. The van der Waals surface area contributed by atoms with Crippen molar-refractivity contribution in [3.8, 4) is 11.5 Å². The van der Waals surface area contributed by atoms with Crippen molar-refractivity contribution in [1.29, 1.82) is 0 Å². The first-order chi connectivity index (χ1) is 14.7.